The van der Waals surface area contributed by atoms with Gasteiger partial charge >= 0.3 is 0 Å². The summed E-state index contributed by atoms with van der Waals surface area (Å²) in [4.78, 5) is -0.393. The third kappa shape index (κ3) is 2.01. The van der Waals surface area contributed by atoms with Crippen LogP contribution in [0.15, 0.2) is 0 Å². The van der Waals surface area contributed by atoms with Gasteiger partial charge in [-0.2, -0.15) is 0 Å². The molecule has 1 aliphatic rings. The third-order valence-electron chi connectivity index (χ3n) is 2.11. The molecule has 0 amide bonds. The van der Waals surface area contributed by atoms with Gasteiger partial charge in [0.15, 0.2) is 0 Å². The van der Waals surface area contributed by atoms with E-state index in [2.05, 4.69) is 0 Å². The first-order valence-corrected chi connectivity index (χ1v) is 4.55. The number of halogens is 2. The molecule has 1 fully saturated rings. The van der Waals surface area contributed by atoms with Crippen molar-refractivity contribution in [2.45, 2.75) is 36.6 Å². The summed E-state index contributed by atoms with van der Waals surface area (Å²) in [5.41, 5.74) is 0. The number of hydrogen-bond donors (Lipinski definition) is 1. The fourth-order valence-corrected chi connectivity index (χ4v) is 2.02. The molecule has 0 aromatic heterocycles. The van der Waals surface area contributed by atoms with Crippen LogP contribution in [0.4, 0.5) is 0 Å². The molecule has 1 aliphatic carbocycles. The van der Waals surface area contributed by atoms with E-state index in [0.29, 0.717) is 0 Å². The maximum absolute atomic E-state index is 9.37. The molecule has 0 bridgehead atoms. The molecule has 0 aromatic carbocycles. The van der Waals surface area contributed by atoms with E-state index in [1.807, 2.05) is 0 Å². The molecule has 3 heteroatoms. The normalized spacial score (nSPS) is 34.8. The second-order valence-electron chi connectivity index (χ2n) is 2.85. The van der Waals surface area contributed by atoms with Gasteiger partial charge in [-0.3, -0.25) is 0 Å². The van der Waals surface area contributed by atoms with E-state index in [-0.39, 0.29) is 12.0 Å². The lowest BCUT2D eigenvalue weighted by Crippen LogP contribution is -2.28. The molecule has 1 saturated carbocycles. The molecular formula is C7H12Cl2O. The van der Waals surface area contributed by atoms with Gasteiger partial charge in [-0.25, -0.2) is 0 Å². The molecule has 2 unspecified atom stereocenters. The Morgan fingerprint density at radius 2 is 1.80 bits per heavy atom. The van der Waals surface area contributed by atoms with Crippen molar-refractivity contribution in [3.05, 3.63) is 0 Å². The lowest BCUT2D eigenvalue weighted by atomic mass is 9.88. The van der Waals surface area contributed by atoms with Crippen LogP contribution in [-0.2, 0) is 0 Å². The molecule has 0 aromatic rings. The molecule has 0 saturated heterocycles. The Morgan fingerprint density at radius 3 is 2.20 bits per heavy atom. The van der Waals surface area contributed by atoms with Crippen LogP contribution in [0.3, 0.4) is 0 Å². The van der Waals surface area contributed by atoms with Crippen molar-refractivity contribution in [3.8, 4) is 0 Å². The van der Waals surface area contributed by atoms with Gasteiger partial charge in [0.25, 0.3) is 0 Å². The largest absolute Gasteiger partial charge is 0.393 e. The molecule has 0 heterocycles. The Bertz CT molecular complexity index is 106. The Balaban J connectivity index is 2.40. The highest BCUT2D eigenvalue weighted by Gasteiger charge is 2.27. The summed E-state index contributed by atoms with van der Waals surface area (Å²) in [6, 6.07) is 0. The van der Waals surface area contributed by atoms with Gasteiger partial charge in [0.05, 0.1) is 6.10 Å². The van der Waals surface area contributed by atoms with Gasteiger partial charge in [0.1, 0.15) is 4.84 Å². The number of rotatable bonds is 1. The molecule has 2 atom stereocenters. The quantitative estimate of drug-likeness (QED) is 0.618. The number of alkyl halides is 2. The minimum absolute atomic E-state index is 0.108. The zero-order valence-electron chi connectivity index (χ0n) is 5.76. The topological polar surface area (TPSA) is 20.2 Å². The van der Waals surface area contributed by atoms with Crippen LogP contribution in [-0.4, -0.2) is 16.0 Å². The average Bonchev–Trinajstić information content (AvgIpc) is 1.88. The predicted molar refractivity (Wildman–Crippen MR) is 43.5 cm³/mol. The van der Waals surface area contributed by atoms with Crippen LogP contribution < -0.4 is 0 Å². The maximum atomic E-state index is 9.37. The smallest absolute Gasteiger partial charge is 0.113 e. The molecule has 0 radical (unpaired) electrons. The van der Waals surface area contributed by atoms with E-state index < -0.39 is 4.84 Å². The highest BCUT2D eigenvalue weighted by molar-refractivity contribution is 6.44. The van der Waals surface area contributed by atoms with E-state index in [1.54, 1.807) is 0 Å². The van der Waals surface area contributed by atoms with E-state index in [1.165, 1.54) is 0 Å². The molecule has 1 N–H and O–H groups in total. The first kappa shape index (κ1) is 8.63. The maximum Gasteiger partial charge on any atom is 0.113 e. The monoisotopic (exact) mass is 182 g/mol. The van der Waals surface area contributed by atoms with Crippen LogP contribution in [0.1, 0.15) is 25.7 Å². The first-order chi connectivity index (χ1) is 4.72. The van der Waals surface area contributed by atoms with E-state index in [9.17, 15) is 5.11 Å². The number of aliphatic hydroxyl groups is 1. The zero-order chi connectivity index (χ0) is 7.56. The highest BCUT2D eigenvalue weighted by atomic mass is 35.5. The molecular weight excluding hydrogens is 171 g/mol. The Kier molecular flexibility index (Phi) is 3.28. The summed E-state index contributed by atoms with van der Waals surface area (Å²) >= 11 is 11.3. The van der Waals surface area contributed by atoms with Crippen LogP contribution in [0.2, 0.25) is 0 Å². The molecule has 10 heavy (non-hydrogen) atoms. The van der Waals surface area contributed by atoms with Gasteiger partial charge in [0, 0.05) is 5.92 Å². The van der Waals surface area contributed by atoms with Gasteiger partial charge in [-0.1, -0.05) is 12.8 Å². The van der Waals surface area contributed by atoms with Gasteiger partial charge in [-0.05, 0) is 12.8 Å². The SMILES string of the molecule is OC1CCCCC1C(Cl)Cl. The van der Waals surface area contributed by atoms with Crippen LogP contribution in [0, 0.1) is 5.92 Å². The van der Waals surface area contributed by atoms with Crippen molar-refractivity contribution in [1.82, 2.24) is 0 Å². The van der Waals surface area contributed by atoms with Crippen LogP contribution >= 0.6 is 23.2 Å². The summed E-state index contributed by atoms with van der Waals surface area (Å²) in [7, 11) is 0. The fourth-order valence-electron chi connectivity index (χ4n) is 1.43. The summed E-state index contributed by atoms with van der Waals surface area (Å²) in [5, 5.41) is 9.37. The Hall–Kier alpha value is 0.540. The van der Waals surface area contributed by atoms with E-state index in [0.717, 1.165) is 25.7 Å². The summed E-state index contributed by atoms with van der Waals surface area (Å²) < 4.78 is 0. The Morgan fingerprint density at radius 1 is 1.20 bits per heavy atom. The van der Waals surface area contributed by atoms with Gasteiger partial charge in [-0.15, -0.1) is 23.2 Å². The lowest BCUT2D eigenvalue weighted by molar-refractivity contribution is 0.0766. The predicted octanol–water partition coefficient (Wildman–Crippen LogP) is 2.34. The molecule has 0 spiro atoms. The van der Waals surface area contributed by atoms with E-state index in [4.69, 9.17) is 23.2 Å². The van der Waals surface area contributed by atoms with Crippen molar-refractivity contribution in [1.29, 1.82) is 0 Å². The standard InChI is InChI=1S/C7H12Cl2O/c8-7(9)5-3-1-2-4-6(5)10/h5-7,10H,1-4H2. The second kappa shape index (κ2) is 3.80. The fraction of sp³-hybridized carbons (Fsp3) is 1.00. The van der Waals surface area contributed by atoms with E-state index >= 15 is 0 Å². The highest BCUT2D eigenvalue weighted by Crippen LogP contribution is 2.31. The van der Waals surface area contributed by atoms with Crippen molar-refractivity contribution in [2.24, 2.45) is 5.92 Å². The van der Waals surface area contributed by atoms with Gasteiger partial charge < -0.3 is 5.11 Å². The lowest BCUT2D eigenvalue weighted by Gasteiger charge is -2.27. The van der Waals surface area contributed by atoms with Crippen molar-refractivity contribution >= 4 is 23.2 Å². The second-order valence-corrected chi connectivity index (χ2v) is 4.01. The first-order valence-electron chi connectivity index (χ1n) is 3.68. The molecule has 60 valence electrons. The Labute approximate surface area is 71.3 Å². The number of aliphatic hydroxyl groups excluding tert-OH is 1. The summed E-state index contributed by atoms with van der Waals surface area (Å²) in [6.45, 7) is 0. The van der Waals surface area contributed by atoms with Crippen molar-refractivity contribution < 1.29 is 5.11 Å². The molecule has 1 nitrogen and oxygen atoms in total. The molecule has 1 rings (SSSR count). The molecule has 0 aliphatic heterocycles. The van der Waals surface area contributed by atoms with Gasteiger partial charge in [0.2, 0.25) is 0 Å². The number of hydrogen-bond acceptors (Lipinski definition) is 1. The summed E-state index contributed by atoms with van der Waals surface area (Å²) in [6.07, 6.45) is 3.82. The summed E-state index contributed by atoms with van der Waals surface area (Å²) in [5.74, 6) is 0.108. The van der Waals surface area contributed by atoms with Crippen LogP contribution in [0.5, 0.6) is 0 Å². The third-order valence-corrected chi connectivity index (χ3v) is 2.75. The van der Waals surface area contributed by atoms with Crippen molar-refractivity contribution in [3.63, 3.8) is 0 Å². The van der Waals surface area contributed by atoms with Crippen molar-refractivity contribution in [2.75, 3.05) is 0 Å². The van der Waals surface area contributed by atoms with Crippen LogP contribution in [0.25, 0.3) is 0 Å². The minimum Gasteiger partial charge on any atom is -0.393 e. The zero-order valence-corrected chi connectivity index (χ0v) is 7.28. The minimum atomic E-state index is -0.393. The average molecular weight is 183 g/mol.